The first-order valence-corrected chi connectivity index (χ1v) is 6.42. The van der Waals surface area contributed by atoms with E-state index >= 15 is 0 Å². The molecule has 0 aromatic carbocycles. The summed E-state index contributed by atoms with van der Waals surface area (Å²) in [7, 11) is 1.79. The molecule has 0 aromatic rings. The van der Waals surface area contributed by atoms with Gasteiger partial charge in [-0.05, 0) is 12.8 Å². The van der Waals surface area contributed by atoms with Crippen LogP contribution in [0, 0.1) is 28.6 Å². The van der Waals surface area contributed by atoms with Crippen LogP contribution in [0.25, 0.3) is 0 Å². The summed E-state index contributed by atoms with van der Waals surface area (Å²) in [6.07, 6.45) is 2.56. The maximum absolute atomic E-state index is 11.0. The Balaban J connectivity index is 5.41. The van der Waals surface area contributed by atoms with Crippen molar-refractivity contribution in [3.63, 3.8) is 0 Å². The number of aldehydes is 1. The van der Waals surface area contributed by atoms with E-state index in [0.717, 1.165) is 18.0 Å². The van der Waals surface area contributed by atoms with Gasteiger partial charge in [-0.3, -0.25) is 4.79 Å². The van der Waals surface area contributed by atoms with Gasteiger partial charge in [0.1, 0.15) is 17.2 Å². The smallest absolute Gasteiger partial charge is 0.159 e. The quantitative estimate of drug-likeness (QED) is 0.418. The van der Waals surface area contributed by atoms with Gasteiger partial charge in [-0.25, -0.2) is 0 Å². The van der Waals surface area contributed by atoms with Crippen molar-refractivity contribution >= 4 is 18.0 Å². The molecule has 18 heavy (non-hydrogen) atoms. The third-order valence-corrected chi connectivity index (χ3v) is 3.26. The van der Waals surface area contributed by atoms with Crippen molar-refractivity contribution < 1.29 is 4.79 Å². The molecule has 5 heteroatoms. The van der Waals surface area contributed by atoms with Gasteiger partial charge < -0.3 is 4.90 Å². The van der Waals surface area contributed by atoms with Crippen LogP contribution < -0.4 is 0 Å². The average Bonchev–Trinajstić information content (AvgIpc) is 2.36. The third-order valence-electron chi connectivity index (χ3n) is 2.09. The minimum Gasteiger partial charge on any atom is -0.368 e. The van der Waals surface area contributed by atoms with Crippen molar-refractivity contribution in [3.8, 4) is 12.1 Å². The molecule has 0 aromatic heterocycles. The molecule has 0 rings (SSSR count). The van der Waals surface area contributed by atoms with Crippen molar-refractivity contribution in [2.24, 2.45) is 5.92 Å². The third kappa shape index (κ3) is 5.07. The number of nitriles is 2. The van der Waals surface area contributed by atoms with Crippen molar-refractivity contribution in [2.75, 3.05) is 13.6 Å². The lowest BCUT2D eigenvalue weighted by Crippen LogP contribution is -2.16. The first kappa shape index (κ1) is 16.3. The van der Waals surface area contributed by atoms with Crippen LogP contribution in [-0.4, -0.2) is 24.8 Å². The average molecular weight is 263 g/mol. The van der Waals surface area contributed by atoms with Crippen LogP contribution in [0.4, 0.5) is 0 Å². The monoisotopic (exact) mass is 263 g/mol. The molecule has 0 unspecified atom stereocenters. The highest BCUT2D eigenvalue weighted by molar-refractivity contribution is 8.07. The van der Waals surface area contributed by atoms with E-state index in [1.165, 1.54) is 0 Å². The Morgan fingerprint density at radius 2 is 1.94 bits per heavy atom. The predicted molar refractivity (Wildman–Crippen MR) is 73.1 cm³/mol. The Labute approximate surface area is 113 Å². The normalized spacial score (nSPS) is 10.5. The molecular formula is C13H17N3OS. The summed E-state index contributed by atoms with van der Waals surface area (Å²) in [5.41, 5.74) is 0.0286. The van der Waals surface area contributed by atoms with E-state index in [1.807, 2.05) is 39.0 Å². The highest BCUT2D eigenvalue weighted by Gasteiger charge is 2.14. The van der Waals surface area contributed by atoms with E-state index < -0.39 is 0 Å². The van der Waals surface area contributed by atoms with E-state index in [0.29, 0.717) is 16.5 Å². The first-order valence-electron chi connectivity index (χ1n) is 5.60. The lowest BCUT2D eigenvalue weighted by atomic mass is 10.2. The number of thioether (sulfide) groups is 1. The first-order chi connectivity index (χ1) is 8.49. The maximum Gasteiger partial charge on any atom is 0.159 e. The van der Waals surface area contributed by atoms with Crippen LogP contribution in [0.2, 0.25) is 0 Å². The number of allylic oxidation sites excluding steroid dienone is 3. The zero-order chi connectivity index (χ0) is 14.1. The molecule has 0 radical (unpaired) electrons. The Morgan fingerprint density at radius 1 is 1.39 bits per heavy atom. The molecule has 96 valence electrons. The predicted octanol–water partition coefficient (Wildman–Crippen LogP) is 2.67. The van der Waals surface area contributed by atoms with Gasteiger partial charge in [0.05, 0.1) is 0 Å². The topological polar surface area (TPSA) is 67.9 Å². The summed E-state index contributed by atoms with van der Waals surface area (Å²) in [5, 5.41) is 18.4. The molecule has 0 aliphatic rings. The van der Waals surface area contributed by atoms with Crippen LogP contribution in [0.3, 0.4) is 0 Å². The molecule has 0 bridgehead atoms. The molecule has 4 nitrogen and oxygen atoms in total. The van der Waals surface area contributed by atoms with Gasteiger partial charge >= 0.3 is 0 Å². The van der Waals surface area contributed by atoms with Crippen LogP contribution in [-0.2, 0) is 4.79 Å². The molecular weight excluding hydrogens is 246 g/mol. The highest BCUT2D eigenvalue weighted by Crippen LogP contribution is 2.29. The molecule has 0 aliphatic heterocycles. The van der Waals surface area contributed by atoms with E-state index in [1.54, 1.807) is 11.9 Å². The zero-order valence-electron chi connectivity index (χ0n) is 11.1. The van der Waals surface area contributed by atoms with E-state index in [2.05, 4.69) is 0 Å². The Hall–Kier alpha value is -1.72. The fourth-order valence-electron chi connectivity index (χ4n) is 1.12. The molecule has 0 saturated heterocycles. The Bertz CT molecular complexity index is 422. The fourth-order valence-corrected chi connectivity index (χ4v) is 2.21. The number of carbonyl (C=O) groups is 1. The van der Waals surface area contributed by atoms with Gasteiger partial charge in [0.2, 0.25) is 0 Å². The minimum absolute atomic E-state index is 0.0286. The molecule has 0 saturated carbocycles. The molecule has 0 N–H and O–H groups in total. The Morgan fingerprint density at radius 3 is 2.28 bits per heavy atom. The largest absolute Gasteiger partial charge is 0.368 e. The van der Waals surface area contributed by atoms with E-state index in [-0.39, 0.29) is 11.5 Å². The van der Waals surface area contributed by atoms with Gasteiger partial charge in [0.25, 0.3) is 0 Å². The van der Waals surface area contributed by atoms with Gasteiger partial charge in [-0.2, -0.15) is 10.5 Å². The second-order valence-corrected chi connectivity index (χ2v) is 5.01. The molecule has 0 aliphatic carbocycles. The summed E-state index contributed by atoms with van der Waals surface area (Å²) in [4.78, 5) is 13.3. The van der Waals surface area contributed by atoms with E-state index in [4.69, 9.17) is 10.5 Å². The summed E-state index contributed by atoms with van der Waals surface area (Å²) in [6, 6.07) is 3.73. The molecule has 0 fully saturated rings. The van der Waals surface area contributed by atoms with Crippen molar-refractivity contribution in [1.29, 1.82) is 10.5 Å². The summed E-state index contributed by atoms with van der Waals surface area (Å²) in [5.74, 6) is 0.235. The highest BCUT2D eigenvalue weighted by atomic mass is 32.2. The van der Waals surface area contributed by atoms with Crippen LogP contribution in [0.1, 0.15) is 20.8 Å². The van der Waals surface area contributed by atoms with Gasteiger partial charge in [0, 0.05) is 18.5 Å². The summed E-state index contributed by atoms with van der Waals surface area (Å²) < 4.78 is 0. The molecule has 0 amide bonds. The maximum atomic E-state index is 11.0. The number of nitrogens with zero attached hydrogens (tertiary/aromatic N) is 3. The van der Waals surface area contributed by atoms with Gasteiger partial charge in [-0.15, -0.1) is 0 Å². The number of hydrogen-bond donors (Lipinski definition) is 0. The van der Waals surface area contributed by atoms with Crippen LogP contribution in [0.5, 0.6) is 0 Å². The number of carbonyl (C=O) groups excluding carboxylic acids is 1. The molecule has 0 spiro atoms. The van der Waals surface area contributed by atoms with Crippen molar-refractivity contribution in [1.82, 2.24) is 4.90 Å². The number of rotatable bonds is 6. The Kier molecular flexibility index (Phi) is 7.58. The van der Waals surface area contributed by atoms with E-state index in [9.17, 15) is 4.79 Å². The second-order valence-electron chi connectivity index (χ2n) is 3.95. The molecule has 0 atom stereocenters. The van der Waals surface area contributed by atoms with Crippen LogP contribution in [0.15, 0.2) is 21.6 Å². The summed E-state index contributed by atoms with van der Waals surface area (Å²) >= 11 is 1.16. The number of hydrogen-bond acceptors (Lipinski definition) is 5. The lowest BCUT2D eigenvalue weighted by Gasteiger charge is -2.20. The molecule has 0 heterocycles. The van der Waals surface area contributed by atoms with Crippen molar-refractivity contribution in [3.05, 3.63) is 21.6 Å². The van der Waals surface area contributed by atoms with Gasteiger partial charge in [-0.1, -0.05) is 31.7 Å². The summed E-state index contributed by atoms with van der Waals surface area (Å²) in [6.45, 7) is 6.50. The zero-order valence-corrected chi connectivity index (χ0v) is 11.9. The fraction of sp³-hybridized carbons (Fsp3) is 0.462. The SMILES string of the molecule is CCN(C)C(S/C(C=O)=C/C(C)C)=C(C#N)C#N. The van der Waals surface area contributed by atoms with Crippen molar-refractivity contribution in [2.45, 2.75) is 20.8 Å². The van der Waals surface area contributed by atoms with Crippen LogP contribution >= 0.6 is 11.8 Å². The lowest BCUT2D eigenvalue weighted by molar-refractivity contribution is -0.104. The second kappa shape index (κ2) is 8.38. The minimum atomic E-state index is 0.0286. The standard InChI is InChI=1S/C13H17N3OS/c1-5-16(4)13(11(7-14)8-15)18-12(9-17)6-10(2)3/h6,9-10H,5H2,1-4H3/b12-6+. The van der Waals surface area contributed by atoms with Gasteiger partial charge in [0.15, 0.2) is 11.9 Å².